The normalized spacial score (nSPS) is 10.2. The van der Waals surface area contributed by atoms with E-state index in [1.54, 1.807) is 19.5 Å². The molecule has 100 valence electrons. The first-order chi connectivity index (χ1) is 9.22. The summed E-state index contributed by atoms with van der Waals surface area (Å²) in [6.45, 7) is 0.802. The van der Waals surface area contributed by atoms with Crippen LogP contribution in [0.3, 0.4) is 0 Å². The highest BCUT2D eigenvalue weighted by Gasteiger charge is 2.13. The van der Waals surface area contributed by atoms with Gasteiger partial charge in [0.1, 0.15) is 6.33 Å². The smallest absolute Gasteiger partial charge is 0.204 e. The van der Waals surface area contributed by atoms with Gasteiger partial charge in [-0.1, -0.05) is 0 Å². The third-order valence-electron chi connectivity index (χ3n) is 2.86. The molecule has 0 aliphatic heterocycles. The first-order valence-electron chi connectivity index (χ1n) is 5.97. The van der Waals surface area contributed by atoms with Crippen molar-refractivity contribution in [1.29, 1.82) is 0 Å². The number of methoxy groups -OCH3 is 1. The Hall–Kier alpha value is -2.37. The molecule has 2 rings (SSSR count). The Morgan fingerprint density at radius 1 is 1.26 bits per heavy atom. The van der Waals surface area contributed by atoms with E-state index in [0.717, 1.165) is 13.0 Å². The van der Waals surface area contributed by atoms with E-state index in [1.807, 2.05) is 24.1 Å². The third-order valence-corrected chi connectivity index (χ3v) is 2.86. The molecule has 0 aromatic carbocycles. The van der Waals surface area contributed by atoms with E-state index in [1.165, 1.54) is 11.9 Å². The zero-order chi connectivity index (χ0) is 13.7. The van der Waals surface area contributed by atoms with Crippen molar-refractivity contribution < 1.29 is 4.74 Å². The third kappa shape index (κ3) is 3.09. The molecule has 2 N–H and O–H groups in total. The fraction of sp³-hybridized carbons (Fsp3) is 0.308. The summed E-state index contributed by atoms with van der Waals surface area (Å²) in [5.74, 6) is 1.56. The van der Waals surface area contributed by atoms with Gasteiger partial charge in [-0.05, 0) is 24.1 Å². The van der Waals surface area contributed by atoms with E-state index in [2.05, 4.69) is 15.0 Å². The molecule has 2 aromatic rings. The maximum Gasteiger partial charge on any atom is 0.204 e. The molecule has 2 heterocycles. The topological polar surface area (TPSA) is 77.2 Å². The van der Waals surface area contributed by atoms with Gasteiger partial charge in [0.2, 0.25) is 5.75 Å². The van der Waals surface area contributed by atoms with Crippen LogP contribution in [0.1, 0.15) is 5.56 Å². The van der Waals surface area contributed by atoms with Crippen molar-refractivity contribution in [2.24, 2.45) is 0 Å². The maximum absolute atomic E-state index is 5.77. The van der Waals surface area contributed by atoms with Crippen molar-refractivity contribution in [3.05, 3.63) is 36.4 Å². The molecule has 2 aromatic heterocycles. The summed E-state index contributed by atoms with van der Waals surface area (Å²) in [7, 11) is 3.51. The molecule has 0 saturated heterocycles. The Bertz CT molecular complexity index is 532. The number of hydrogen-bond donors (Lipinski definition) is 1. The molecule has 0 spiro atoms. The van der Waals surface area contributed by atoms with E-state index >= 15 is 0 Å². The highest BCUT2D eigenvalue weighted by molar-refractivity contribution is 5.62. The molecule has 0 aliphatic carbocycles. The minimum atomic E-state index is 0.350. The average Bonchev–Trinajstić information content (AvgIpc) is 2.45. The Balaban J connectivity index is 2.08. The highest BCUT2D eigenvalue weighted by atomic mass is 16.5. The van der Waals surface area contributed by atoms with Crippen molar-refractivity contribution in [1.82, 2.24) is 15.0 Å². The van der Waals surface area contributed by atoms with Gasteiger partial charge in [0.25, 0.3) is 0 Å². The van der Waals surface area contributed by atoms with Crippen molar-refractivity contribution in [3.8, 4) is 5.75 Å². The second-order valence-corrected chi connectivity index (χ2v) is 4.14. The molecule has 0 radical (unpaired) electrons. The van der Waals surface area contributed by atoms with Crippen LogP contribution in [0.25, 0.3) is 0 Å². The van der Waals surface area contributed by atoms with Gasteiger partial charge in [0.15, 0.2) is 11.6 Å². The number of aromatic nitrogens is 3. The van der Waals surface area contributed by atoms with E-state index < -0.39 is 0 Å². The summed E-state index contributed by atoms with van der Waals surface area (Å²) in [5, 5.41) is 0. The summed E-state index contributed by atoms with van der Waals surface area (Å²) in [4.78, 5) is 14.1. The summed E-state index contributed by atoms with van der Waals surface area (Å²) < 4.78 is 5.25. The monoisotopic (exact) mass is 259 g/mol. The average molecular weight is 259 g/mol. The Kier molecular flexibility index (Phi) is 4.12. The van der Waals surface area contributed by atoms with Gasteiger partial charge in [-0.15, -0.1) is 0 Å². The Morgan fingerprint density at radius 3 is 2.68 bits per heavy atom. The standard InChI is InChI=1S/C13H17N5O/c1-18(8-5-10-3-6-15-7-4-10)13-11(19-2)12(14)16-9-17-13/h3-4,6-7,9H,5,8H2,1-2H3,(H2,14,16,17). The van der Waals surface area contributed by atoms with Crippen molar-refractivity contribution in [3.63, 3.8) is 0 Å². The van der Waals surface area contributed by atoms with Gasteiger partial charge >= 0.3 is 0 Å². The first kappa shape index (κ1) is 13.1. The number of nitrogens with two attached hydrogens (primary N) is 1. The lowest BCUT2D eigenvalue weighted by Crippen LogP contribution is -2.22. The lowest BCUT2D eigenvalue weighted by atomic mass is 10.2. The van der Waals surface area contributed by atoms with Crippen LogP contribution in [0.15, 0.2) is 30.9 Å². The van der Waals surface area contributed by atoms with Crippen LogP contribution in [0.2, 0.25) is 0 Å². The molecule has 0 amide bonds. The van der Waals surface area contributed by atoms with Crippen molar-refractivity contribution in [2.45, 2.75) is 6.42 Å². The van der Waals surface area contributed by atoms with Gasteiger partial charge in [0, 0.05) is 26.0 Å². The second kappa shape index (κ2) is 5.99. The van der Waals surface area contributed by atoms with E-state index in [-0.39, 0.29) is 0 Å². The number of pyridine rings is 1. The summed E-state index contributed by atoms with van der Waals surface area (Å²) in [6, 6.07) is 4.00. The number of hydrogen-bond acceptors (Lipinski definition) is 6. The van der Waals surface area contributed by atoms with Crippen LogP contribution in [-0.2, 0) is 6.42 Å². The Labute approximate surface area is 112 Å². The lowest BCUT2D eigenvalue weighted by molar-refractivity contribution is 0.413. The minimum Gasteiger partial charge on any atom is -0.490 e. The predicted octanol–water partition coefficient (Wildman–Crippen LogP) is 1.14. The zero-order valence-electron chi connectivity index (χ0n) is 11.1. The zero-order valence-corrected chi connectivity index (χ0v) is 11.1. The van der Waals surface area contributed by atoms with Crippen LogP contribution in [0, 0.1) is 0 Å². The fourth-order valence-corrected chi connectivity index (χ4v) is 1.80. The molecule has 0 unspecified atom stereocenters. The van der Waals surface area contributed by atoms with Gasteiger partial charge in [-0.25, -0.2) is 9.97 Å². The van der Waals surface area contributed by atoms with Crippen LogP contribution >= 0.6 is 0 Å². The number of likely N-dealkylation sites (N-methyl/N-ethyl adjacent to an activating group) is 1. The molecule has 0 fully saturated rings. The molecule has 6 nitrogen and oxygen atoms in total. The quantitative estimate of drug-likeness (QED) is 0.867. The summed E-state index contributed by atoms with van der Waals surface area (Å²) in [6.07, 6.45) is 5.92. The minimum absolute atomic E-state index is 0.350. The molecular formula is C13H17N5O. The Morgan fingerprint density at radius 2 is 2.00 bits per heavy atom. The van der Waals surface area contributed by atoms with Gasteiger partial charge in [-0.2, -0.15) is 0 Å². The number of rotatable bonds is 5. The second-order valence-electron chi connectivity index (χ2n) is 4.14. The molecule has 0 saturated carbocycles. The van der Waals surface area contributed by atoms with Crippen LogP contribution in [0.4, 0.5) is 11.6 Å². The van der Waals surface area contributed by atoms with Gasteiger partial charge < -0.3 is 15.4 Å². The van der Waals surface area contributed by atoms with E-state index in [4.69, 9.17) is 10.5 Å². The molecule has 6 heteroatoms. The van der Waals surface area contributed by atoms with Crippen LogP contribution in [0.5, 0.6) is 5.75 Å². The largest absolute Gasteiger partial charge is 0.490 e. The summed E-state index contributed by atoms with van der Waals surface area (Å²) >= 11 is 0. The van der Waals surface area contributed by atoms with E-state index in [9.17, 15) is 0 Å². The number of anilines is 2. The van der Waals surface area contributed by atoms with Gasteiger partial charge in [0.05, 0.1) is 7.11 Å². The highest BCUT2D eigenvalue weighted by Crippen LogP contribution is 2.28. The first-order valence-corrected chi connectivity index (χ1v) is 5.97. The van der Waals surface area contributed by atoms with Crippen LogP contribution < -0.4 is 15.4 Å². The molecule has 0 aliphatic rings. The molecule has 0 atom stereocenters. The molecule has 19 heavy (non-hydrogen) atoms. The number of nitrogen functional groups attached to an aromatic ring is 1. The fourth-order valence-electron chi connectivity index (χ4n) is 1.80. The summed E-state index contributed by atoms with van der Waals surface area (Å²) in [5.41, 5.74) is 6.99. The maximum atomic E-state index is 5.77. The van der Waals surface area contributed by atoms with Crippen molar-refractivity contribution in [2.75, 3.05) is 31.3 Å². The molecular weight excluding hydrogens is 242 g/mol. The van der Waals surface area contributed by atoms with Gasteiger partial charge in [-0.3, -0.25) is 4.98 Å². The van der Waals surface area contributed by atoms with E-state index in [0.29, 0.717) is 17.4 Å². The van der Waals surface area contributed by atoms with Crippen LogP contribution in [-0.4, -0.2) is 35.7 Å². The molecule has 0 bridgehead atoms. The predicted molar refractivity (Wildman–Crippen MR) is 74.2 cm³/mol. The number of nitrogens with zero attached hydrogens (tertiary/aromatic N) is 4. The SMILES string of the molecule is COc1c(N)ncnc1N(C)CCc1ccncc1. The number of ether oxygens (including phenoxy) is 1. The van der Waals surface area contributed by atoms with Crippen molar-refractivity contribution >= 4 is 11.6 Å². The lowest BCUT2D eigenvalue weighted by Gasteiger charge is -2.20.